The second kappa shape index (κ2) is 1.45. The van der Waals surface area contributed by atoms with Gasteiger partial charge in [0.1, 0.15) is 0 Å². The lowest BCUT2D eigenvalue weighted by Crippen LogP contribution is -2.29. The number of fused-ring (bicyclic) bond motifs is 1. The molecule has 1 unspecified atom stereocenters. The van der Waals surface area contributed by atoms with Crippen LogP contribution in [-0.4, -0.2) is 24.3 Å². The van der Waals surface area contributed by atoms with Crippen molar-refractivity contribution in [1.29, 1.82) is 0 Å². The summed E-state index contributed by atoms with van der Waals surface area (Å²) in [4.78, 5) is 0. The average molecular weight is 113 g/mol. The fraction of sp³-hybridized carbons (Fsp3) is 1.00. The van der Waals surface area contributed by atoms with Gasteiger partial charge in [0.15, 0.2) is 0 Å². The monoisotopic (exact) mass is 113 g/mol. The van der Waals surface area contributed by atoms with Gasteiger partial charge in [-0.3, -0.25) is 0 Å². The van der Waals surface area contributed by atoms with Gasteiger partial charge in [-0.05, 0) is 24.8 Å². The minimum atomic E-state index is 0.334. The SMILES string of the molecule is OCC1NC[C@H]2C[C@@H]12. The van der Waals surface area contributed by atoms with Crippen LogP contribution in [0.4, 0.5) is 0 Å². The molecule has 1 aliphatic heterocycles. The lowest BCUT2D eigenvalue weighted by atomic mass is 10.2. The van der Waals surface area contributed by atoms with E-state index in [9.17, 15) is 0 Å². The van der Waals surface area contributed by atoms with Crippen molar-refractivity contribution in [3.8, 4) is 0 Å². The molecule has 0 bridgehead atoms. The molecule has 2 heteroatoms. The first-order valence-electron chi connectivity index (χ1n) is 3.26. The Bertz CT molecular complexity index is 105. The number of nitrogens with one attached hydrogen (secondary N) is 1. The summed E-state index contributed by atoms with van der Waals surface area (Å²) in [5.41, 5.74) is 0. The number of hydrogen-bond donors (Lipinski definition) is 2. The zero-order chi connectivity index (χ0) is 5.56. The molecule has 1 aliphatic carbocycles. The van der Waals surface area contributed by atoms with Crippen molar-refractivity contribution in [2.24, 2.45) is 11.8 Å². The third-order valence-electron chi connectivity index (χ3n) is 2.33. The molecule has 46 valence electrons. The van der Waals surface area contributed by atoms with Crippen molar-refractivity contribution in [3.63, 3.8) is 0 Å². The number of hydrogen-bond acceptors (Lipinski definition) is 2. The van der Waals surface area contributed by atoms with E-state index in [0.29, 0.717) is 12.6 Å². The quantitative estimate of drug-likeness (QED) is 0.484. The Morgan fingerprint density at radius 3 is 2.75 bits per heavy atom. The fourth-order valence-electron chi connectivity index (χ4n) is 1.65. The van der Waals surface area contributed by atoms with E-state index in [0.717, 1.165) is 18.4 Å². The van der Waals surface area contributed by atoms with Crippen LogP contribution in [0.2, 0.25) is 0 Å². The van der Waals surface area contributed by atoms with Crippen molar-refractivity contribution in [1.82, 2.24) is 5.32 Å². The van der Waals surface area contributed by atoms with Gasteiger partial charge in [0.2, 0.25) is 0 Å². The zero-order valence-electron chi connectivity index (χ0n) is 4.80. The molecule has 8 heavy (non-hydrogen) atoms. The smallest absolute Gasteiger partial charge is 0.0587 e. The van der Waals surface area contributed by atoms with Gasteiger partial charge >= 0.3 is 0 Å². The maximum absolute atomic E-state index is 8.70. The molecule has 2 rings (SSSR count). The molecule has 0 spiro atoms. The van der Waals surface area contributed by atoms with Gasteiger partial charge in [-0.15, -0.1) is 0 Å². The maximum atomic E-state index is 8.70. The van der Waals surface area contributed by atoms with Crippen molar-refractivity contribution < 1.29 is 5.11 Å². The summed E-state index contributed by atoms with van der Waals surface area (Å²) in [6.07, 6.45) is 1.36. The van der Waals surface area contributed by atoms with Crippen LogP contribution in [0.3, 0.4) is 0 Å². The molecular formula is C6H11NO. The minimum Gasteiger partial charge on any atom is -0.395 e. The second-order valence-electron chi connectivity index (χ2n) is 2.86. The molecule has 0 amide bonds. The van der Waals surface area contributed by atoms with Gasteiger partial charge in [0.05, 0.1) is 6.61 Å². The molecule has 3 atom stereocenters. The van der Waals surface area contributed by atoms with Crippen LogP contribution in [0.5, 0.6) is 0 Å². The third kappa shape index (κ3) is 0.501. The summed E-state index contributed by atoms with van der Waals surface area (Å²) >= 11 is 0. The topological polar surface area (TPSA) is 32.3 Å². The molecule has 1 saturated carbocycles. The first-order valence-corrected chi connectivity index (χ1v) is 3.26. The van der Waals surface area contributed by atoms with Crippen molar-refractivity contribution in [2.75, 3.05) is 13.2 Å². The minimum absolute atomic E-state index is 0.334. The van der Waals surface area contributed by atoms with E-state index in [2.05, 4.69) is 5.32 Å². The lowest BCUT2D eigenvalue weighted by Gasteiger charge is -2.06. The van der Waals surface area contributed by atoms with E-state index < -0.39 is 0 Å². The van der Waals surface area contributed by atoms with Gasteiger partial charge in [-0.1, -0.05) is 0 Å². The summed E-state index contributed by atoms with van der Waals surface area (Å²) in [5.74, 6) is 1.76. The van der Waals surface area contributed by atoms with Crippen LogP contribution in [0.1, 0.15) is 6.42 Å². The Kier molecular flexibility index (Phi) is 0.866. The summed E-state index contributed by atoms with van der Waals surface area (Å²) < 4.78 is 0. The predicted octanol–water partition coefficient (Wildman–Crippen LogP) is -0.413. The van der Waals surface area contributed by atoms with Gasteiger partial charge in [0, 0.05) is 6.04 Å². The Morgan fingerprint density at radius 1 is 1.62 bits per heavy atom. The number of aliphatic hydroxyl groups is 1. The molecular weight excluding hydrogens is 102 g/mol. The highest BCUT2D eigenvalue weighted by molar-refractivity contribution is 5.01. The van der Waals surface area contributed by atoms with Crippen LogP contribution in [0.15, 0.2) is 0 Å². The number of piperidine rings is 1. The summed E-state index contributed by atoms with van der Waals surface area (Å²) in [5, 5.41) is 12.0. The maximum Gasteiger partial charge on any atom is 0.0587 e. The molecule has 0 radical (unpaired) electrons. The van der Waals surface area contributed by atoms with Gasteiger partial charge in [0.25, 0.3) is 0 Å². The molecule has 2 fully saturated rings. The van der Waals surface area contributed by atoms with E-state index in [1.165, 1.54) is 6.42 Å². The van der Waals surface area contributed by atoms with Gasteiger partial charge < -0.3 is 10.4 Å². The standard InChI is InChI=1S/C6H11NO/c8-3-6-5-1-4(5)2-7-6/h4-8H,1-3H2/t4-,5-,6?/m1/s1. The zero-order valence-corrected chi connectivity index (χ0v) is 4.80. The van der Waals surface area contributed by atoms with Crippen molar-refractivity contribution in [2.45, 2.75) is 12.5 Å². The van der Waals surface area contributed by atoms with Crippen LogP contribution in [-0.2, 0) is 0 Å². The first-order chi connectivity index (χ1) is 3.92. The fourth-order valence-corrected chi connectivity index (χ4v) is 1.65. The molecule has 2 N–H and O–H groups in total. The largest absolute Gasteiger partial charge is 0.395 e. The van der Waals surface area contributed by atoms with Crippen molar-refractivity contribution >= 4 is 0 Å². The van der Waals surface area contributed by atoms with Crippen molar-refractivity contribution in [3.05, 3.63) is 0 Å². The summed E-state index contributed by atoms with van der Waals surface area (Å²) in [6, 6.07) is 0.444. The normalized spacial score (nSPS) is 51.4. The Hall–Kier alpha value is -0.0800. The van der Waals surface area contributed by atoms with Crippen LogP contribution in [0.25, 0.3) is 0 Å². The highest BCUT2D eigenvalue weighted by Gasteiger charge is 2.47. The van der Waals surface area contributed by atoms with E-state index in [1.807, 2.05) is 0 Å². The second-order valence-corrected chi connectivity index (χ2v) is 2.86. The van der Waals surface area contributed by atoms with Crippen LogP contribution < -0.4 is 5.32 Å². The molecule has 0 aromatic rings. The molecule has 1 heterocycles. The highest BCUT2D eigenvalue weighted by Crippen LogP contribution is 2.44. The Balaban J connectivity index is 1.97. The van der Waals surface area contributed by atoms with E-state index in [-0.39, 0.29) is 0 Å². The molecule has 2 nitrogen and oxygen atoms in total. The van der Waals surface area contributed by atoms with E-state index >= 15 is 0 Å². The number of rotatable bonds is 1. The van der Waals surface area contributed by atoms with E-state index in [1.54, 1.807) is 0 Å². The summed E-state index contributed by atoms with van der Waals surface area (Å²) in [6.45, 7) is 1.48. The Labute approximate surface area is 48.9 Å². The number of aliphatic hydroxyl groups excluding tert-OH is 1. The first kappa shape index (κ1) is 4.77. The highest BCUT2D eigenvalue weighted by atomic mass is 16.3. The van der Waals surface area contributed by atoms with Crippen LogP contribution >= 0.6 is 0 Å². The Morgan fingerprint density at radius 2 is 2.50 bits per heavy atom. The molecule has 0 aromatic carbocycles. The predicted molar refractivity (Wildman–Crippen MR) is 30.5 cm³/mol. The van der Waals surface area contributed by atoms with Gasteiger partial charge in [-0.2, -0.15) is 0 Å². The molecule has 2 aliphatic rings. The molecule has 1 saturated heterocycles. The third-order valence-corrected chi connectivity index (χ3v) is 2.33. The average Bonchev–Trinajstić information content (AvgIpc) is 2.46. The summed E-state index contributed by atoms with van der Waals surface area (Å²) in [7, 11) is 0. The van der Waals surface area contributed by atoms with E-state index in [4.69, 9.17) is 5.11 Å². The van der Waals surface area contributed by atoms with Gasteiger partial charge in [-0.25, -0.2) is 0 Å². The van der Waals surface area contributed by atoms with Crippen LogP contribution in [0, 0.1) is 11.8 Å². The molecule has 0 aromatic heterocycles. The lowest BCUT2D eigenvalue weighted by molar-refractivity contribution is 0.242.